The second-order valence-electron chi connectivity index (χ2n) is 23.3. The molecule has 16 rings (SSSR count). The van der Waals surface area contributed by atoms with Gasteiger partial charge in [0, 0.05) is 87.5 Å². The number of piperidine rings is 2. The lowest BCUT2D eigenvalue weighted by Crippen LogP contribution is -2.78. The maximum Gasteiger partial charge on any atom is 0.308 e. The first-order valence-corrected chi connectivity index (χ1v) is 24.2. The summed E-state index contributed by atoms with van der Waals surface area (Å²) in [7, 11) is 0. The molecule has 8 saturated carbocycles. The van der Waals surface area contributed by atoms with Gasteiger partial charge in [-0.15, -0.1) is 0 Å². The minimum atomic E-state index is -0.310. The van der Waals surface area contributed by atoms with E-state index in [1.54, 1.807) is 13.8 Å². The average molecular weight is 861 g/mol. The molecule has 4 aliphatic heterocycles. The number of esters is 1. The smallest absolute Gasteiger partial charge is 0.308 e. The van der Waals surface area contributed by atoms with Crippen LogP contribution in [0.3, 0.4) is 0 Å². The predicted octanol–water partition coefficient (Wildman–Crippen LogP) is 9.15. The van der Waals surface area contributed by atoms with Gasteiger partial charge in [-0.1, -0.05) is 40.8 Å². The topological polar surface area (TPSA) is 106 Å². The van der Waals surface area contributed by atoms with Crippen LogP contribution in [0.2, 0.25) is 0 Å². The number of rotatable bonds is 7. The highest BCUT2D eigenvalue weighted by molar-refractivity contribution is 5.82. The second kappa shape index (κ2) is 13.4. The van der Waals surface area contributed by atoms with Crippen molar-refractivity contribution in [3.63, 3.8) is 0 Å². The second-order valence-corrected chi connectivity index (χ2v) is 23.3. The number of phenols is 1. The molecule has 4 heterocycles. The summed E-state index contributed by atoms with van der Waals surface area (Å²) in [5, 5.41) is 10.7. The summed E-state index contributed by atoms with van der Waals surface area (Å²) in [4.78, 5) is 43.3. The molecule has 10 fully saturated rings. The van der Waals surface area contributed by atoms with Crippen LogP contribution in [-0.2, 0) is 38.1 Å². The standard InChI is InChI=1S/C27H33NO4.C25H31NO3.2CH4/c1-15(29)19-13-26-9-8-25(19,3)24-27(26)10-11-28(14-17-4-5-17)21(26)12-18-6-7-20(31-16(2)30)23(32-24)22(18)27;1-14(27)17-12-24-8-7-23(17,2)22-25(24)9-10-26(13-15-3-4-15)19(24)11-16-5-6-18(28)21(29-22)20(16)25;;/h6-7,17,19,21,24H,4-5,8-14H2,1-3H3;5-6,15,17,19,22,28H,3-4,7-13H2,1-2H3;2*1H4/t19-,21?,24+,25?,26?,27+;17-,19?,22+,23?,24?,25+;;/m11../s1. The molecule has 9 nitrogen and oxygen atoms in total. The van der Waals surface area contributed by atoms with Gasteiger partial charge in [-0.3, -0.25) is 24.2 Å². The summed E-state index contributed by atoms with van der Waals surface area (Å²) in [6.07, 6.45) is 16.3. The van der Waals surface area contributed by atoms with Crippen molar-refractivity contribution in [2.45, 2.75) is 174 Å². The third-order valence-electron chi connectivity index (χ3n) is 20.8. The first-order chi connectivity index (χ1) is 29.2. The Morgan fingerprint density at radius 3 is 1.59 bits per heavy atom. The Hall–Kier alpha value is -3.43. The molecule has 4 spiro atoms. The van der Waals surface area contributed by atoms with E-state index in [9.17, 15) is 19.5 Å². The normalized spacial score (nSPS) is 43.1. The zero-order valence-corrected chi connectivity index (χ0v) is 36.9. The van der Waals surface area contributed by atoms with Crippen LogP contribution in [0.25, 0.3) is 0 Å². The lowest BCUT2D eigenvalue weighted by Gasteiger charge is -2.73. The van der Waals surface area contributed by atoms with Crippen molar-refractivity contribution in [3.05, 3.63) is 46.5 Å². The Kier molecular flexibility index (Phi) is 8.95. The van der Waals surface area contributed by atoms with Crippen LogP contribution in [0.4, 0.5) is 0 Å². The molecule has 1 N–H and O–H groups in total. The van der Waals surface area contributed by atoms with Crippen LogP contribution in [0.5, 0.6) is 23.0 Å². The van der Waals surface area contributed by atoms with E-state index in [-0.39, 0.29) is 77.4 Å². The number of carbonyl (C=O) groups excluding carboxylic acids is 3. The monoisotopic (exact) mass is 861 g/mol. The van der Waals surface area contributed by atoms with Crippen molar-refractivity contribution in [2.75, 3.05) is 26.2 Å². The van der Waals surface area contributed by atoms with Gasteiger partial charge in [0.05, 0.1) is 0 Å². The summed E-state index contributed by atoms with van der Waals surface area (Å²) in [5.41, 5.74) is 5.26. The number of Topliss-reactive ketones (excluding diaryl/α,β-unsaturated/α-hetero) is 2. The Morgan fingerprint density at radius 2 is 1.13 bits per heavy atom. The van der Waals surface area contributed by atoms with E-state index in [1.807, 2.05) is 12.1 Å². The van der Waals surface area contributed by atoms with Gasteiger partial charge in [0.25, 0.3) is 0 Å². The Morgan fingerprint density at radius 1 is 0.667 bits per heavy atom. The molecule has 8 bridgehead atoms. The molecule has 6 unspecified atom stereocenters. The van der Waals surface area contributed by atoms with Gasteiger partial charge in [-0.2, -0.15) is 0 Å². The number of hydrogen-bond acceptors (Lipinski definition) is 9. The Labute approximate surface area is 375 Å². The molecule has 0 radical (unpaired) electrons. The molecule has 0 amide bonds. The summed E-state index contributed by atoms with van der Waals surface area (Å²) in [6.45, 7) is 14.3. The van der Waals surface area contributed by atoms with E-state index in [1.165, 1.54) is 80.8 Å². The SMILES string of the molecule is C.C.CC(=O)Oc1ccc2c3c1O[C@H]1C4(C)CCC5(C[C@@H]4C(C)=O)C(C2)N(CC2CC2)CC[C@]315.CC(=O)[C@H]1CC23CCC1(C)[C@@H]1Oc4c(O)ccc5c4[C@@]12CCN(CC1CC1)C3C5. The van der Waals surface area contributed by atoms with Crippen LogP contribution in [0.15, 0.2) is 24.3 Å². The fraction of sp³-hybridized carbons (Fsp3) is 0.722. The maximum absolute atomic E-state index is 13.0. The number of phenolic OH excluding ortho intramolecular Hbond substituents is 1. The number of nitrogens with zero attached hydrogens (tertiary/aromatic N) is 2. The van der Waals surface area contributed by atoms with Crippen LogP contribution < -0.4 is 14.2 Å². The zero-order chi connectivity index (χ0) is 41.8. The zero-order valence-electron chi connectivity index (χ0n) is 36.9. The number of ketones is 2. The highest BCUT2D eigenvalue weighted by Gasteiger charge is 2.81. The molecule has 9 heteroatoms. The van der Waals surface area contributed by atoms with Crippen molar-refractivity contribution in [1.29, 1.82) is 0 Å². The van der Waals surface area contributed by atoms with Crippen molar-refractivity contribution < 1.29 is 33.7 Å². The van der Waals surface area contributed by atoms with E-state index < -0.39 is 0 Å². The summed E-state index contributed by atoms with van der Waals surface area (Å²) in [6, 6.07) is 9.13. The lowest BCUT2D eigenvalue weighted by atomic mass is 9.32. The number of hydrogen-bond donors (Lipinski definition) is 1. The van der Waals surface area contributed by atoms with E-state index in [4.69, 9.17) is 14.2 Å². The molecule has 14 aliphatic rings. The van der Waals surface area contributed by atoms with Crippen LogP contribution in [0.1, 0.15) is 149 Å². The van der Waals surface area contributed by atoms with Gasteiger partial charge < -0.3 is 19.3 Å². The van der Waals surface area contributed by atoms with E-state index >= 15 is 0 Å². The van der Waals surface area contributed by atoms with E-state index in [0.29, 0.717) is 35.1 Å². The number of fused-ring (bicyclic) bond motifs is 4. The van der Waals surface area contributed by atoms with E-state index in [2.05, 4.69) is 35.8 Å². The maximum atomic E-state index is 13.0. The minimum Gasteiger partial charge on any atom is -0.504 e. The average Bonchev–Trinajstić information content (AvgIpc) is 4.15. The first-order valence-electron chi connectivity index (χ1n) is 24.2. The molecule has 10 aliphatic carbocycles. The van der Waals surface area contributed by atoms with Crippen LogP contribution in [-0.4, -0.2) is 82.9 Å². The molecule has 63 heavy (non-hydrogen) atoms. The fourth-order valence-corrected chi connectivity index (χ4v) is 18.1. The van der Waals surface area contributed by atoms with Gasteiger partial charge in [-0.05, 0) is 152 Å². The van der Waals surface area contributed by atoms with Gasteiger partial charge >= 0.3 is 5.97 Å². The fourth-order valence-electron chi connectivity index (χ4n) is 18.1. The van der Waals surface area contributed by atoms with Crippen LogP contribution in [0, 0.1) is 45.3 Å². The molecule has 340 valence electrons. The third-order valence-corrected chi connectivity index (χ3v) is 20.8. The highest BCUT2D eigenvalue weighted by Crippen LogP contribution is 2.80. The number of carbonyl (C=O) groups is 3. The number of ether oxygens (including phenoxy) is 3. The predicted molar refractivity (Wildman–Crippen MR) is 241 cm³/mol. The van der Waals surface area contributed by atoms with Crippen LogP contribution >= 0.6 is 0 Å². The largest absolute Gasteiger partial charge is 0.504 e. The highest BCUT2D eigenvalue weighted by atomic mass is 16.6. The number of likely N-dealkylation sites (tertiary alicyclic amines) is 2. The minimum absolute atomic E-state index is 0. The molecular weight excluding hydrogens is 789 g/mol. The molecule has 0 aromatic heterocycles. The molecule has 2 aromatic carbocycles. The number of aromatic hydroxyl groups is 1. The molecule has 12 atom stereocenters. The summed E-state index contributed by atoms with van der Waals surface area (Å²) < 4.78 is 19.3. The summed E-state index contributed by atoms with van der Waals surface area (Å²) >= 11 is 0. The van der Waals surface area contributed by atoms with Crippen molar-refractivity contribution in [3.8, 4) is 23.0 Å². The number of benzene rings is 2. The van der Waals surface area contributed by atoms with Gasteiger partial charge in [0.1, 0.15) is 23.8 Å². The van der Waals surface area contributed by atoms with Gasteiger partial charge in [-0.25, -0.2) is 0 Å². The van der Waals surface area contributed by atoms with Crippen molar-refractivity contribution >= 4 is 17.5 Å². The van der Waals surface area contributed by atoms with Crippen molar-refractivity contribution in [2.24, 2.45) is 45.3 Å². The molecule has 2 aromatic rings. The third kappa shape index (κ3) is 4.95. The van der Waals surface area contributed by atoms with Gasteiger partial charge in [0.15, 0.2) is 23.0 Å². The van der Waals surface area contributed by atoms with E-state index in [0.717, 1.165) is 87.8 Å². The molecular formula is C54H72N2O7. The lowest BCUT2D eigenvalue weighted by molar-refractivity contribution is -0.231. The Bertz CT molecular complexity index is 2340. The van der Waals surface area contributed by atoms with Crippen molar-refractivity contribution in [1.82, 2.24) is 9.80 Å². The first kappa shape index (κ1) is 42.2. The quantitative estimate of drug-likeness (QED) is 0.216. The molecule has 2 saturated heterocycles. The summed E-state index contributed by atoms with van der Waals surface area (Å²) in [5.74, 6) is 4.63. The Balaban J connectivity index is 0.000000137. The van der Waals surface area contributed by atoms with Gasteiger partial charge in [0.2, 0.25) is 0 Å².